The Balaban J connectivity index is 1.59. The molecule has 3 heterocycles. The maximum atomic E-state index is 14.0. The average Bonchev–Trinajstić information content (AvgIpc) is 3.14. The van der Waals surface area contributed by atoms with Gasteiger partial charge in [0.25, 0.3) is 0 Å². The van der Waals surface area contributed by atoms with Gasteiger partial charge in [-0.15, -0.1) is 0 Å². The van der Waals surface area contributed by atoms with Gasteiger partial charge in [-0.2, -0.15) is 0 Å². The Morgan fingerprint density at radius 2 is 2.28 bits per heavy atom. The number of hydrogen-bond donors (Lipinski definition) is 0. The zero-order valence-electron chi connectivity index (χ0n) is 14.7. The van der Waals surface area contributed by atoms with Gasteiger partial charge in [-0.25, -0.2) is 9.37 Å². The molecule has 0 N–H and O–H groups in total. The van der Waals surface area contributed by atoms with E-state index in [9.17, 15) is 9.18 Å². The van der Waals surface area contributed by atoms with Crippen LogP contribution in [0, 0.1) is 0 Å². The normalized spacial score (nSPS) is 20.8. The van der Waals surface area contributed by atoms with E-state index in [1.807, 2.05) is 29.9 Å². The SMILES string of the molecule is CN(C[C@@H]1C[C@H](F)CN1Cc1nccn1C)C(=O)Cc1cccnc1. The minimum Gasteiger partial charge on any atom is -0.344 e. The molecule has 0 aliphatic carbocycles. The van der Waals surface area contributed by atoms with Crippen molar-refractivity contribution in [2.45, 2.75) is 31.6 Å². The molecular weight excluding hydrogens is 321 g/mol. The summed E-state index contributed by atoms with van der Waals surface area (Å²) in [7, 11) is 3.72. The molecule has 2 aromatic heterocycles. The first kappa shape index (κ1) is 17.5. The Kier molecular flexibility index (Phi) is 5.43. The first-order chi connectivity index (χ1) is 12.0. The van der Waals surface area contributed by atoms with Crippen LogP contribution in [0.4, 0.5) is 4.39 Å². The number of nitrogens with zero attached hydrogens (tertiary/aromatic N) is 5. The number of carbonyl (C=O) groups excluding carboxylic acids is 1. The topological polar surface area (TPSA) is 54.3 Å². The molecule has 1 fully saturated rings. The lowest BCUT2D eigenvalue weighted by Gasteiger charge is -2.28. The number of aromatic nitrogens is 3. The molecule has 25 heavy (non-hydrogen) atoms. The number of amides is 1. The van der Waals surface area contributed by atoms with E-state index in [2.05, 4.69) is 14.9 Å². The van der Waals surface area contributed by atoms with Crippen LogP contribution >= 0.6 is 0 Å². The van der Waals surface area contributed by atoms with Gasteiger partial charge in [-0.1, -0.05) is 6.07 Å². The number of carbonyl (C=O) groups is 1. The van der Waals surface area contributed by atoms with E-state index < -0.39 is 6.17 Å². The predicted molar refractivity (Wildman–Crippen MR) is 92.5 cm³/mol. The monoisotopic (exact) mass is 345 g/mol. The van der Waals surface area contributed by atoms with Crippen molar-refractivity contribution in [2.75, 3.05) is 20.1 Å². The second-order valence-electron chi connectivity index (χ2n) is 6.68. The molecule has 2 atom stereocenters. The van der Waals surface area contributed by atoms with Crippen LogP contribution in [0.25, 0.3) is 0 Å². The number of halogens is 1. The molecule has 2 aromatic rings. The highest BCUT2D eigenvalue weighted by Gasteiger charge is 2.34. The van der Waals surface area contributed by atoms with Crippen molar-refractivity contribution >= 4 is 5.91 Å². The predicted octanol–water partition coefficient (Wildman–Crippen LogP) is 1.43. The lowest BCUT2D eigenvalue weighted by Crippen LogP contribution is -2.41. The third kappa shape index (κ3) is 4.42. The molecule has 6 nitrogen and oxygen atoms in total. The highest BCUT2D eigenvalue weighted by atomic mass is 19.1. The summed E-state index contributed by atoms with van der Waals surface area (Å²) >= 11 is 0. The second-order valence-corrected chi connectivity index (χ2v) is 6.68. The highest BCUT2D eigenvalue weighted by molar-refractivity contribution is 5.78. The van der Waals surface area contributed by atoms with Crippen LogP contribution in [0.1, 0.15) is 17.8 Å². The lowest BCUT2D eigenvalue weighted by molar-refractivity contribution is -0.129. The average molecular weight is 345 g/mol. The van der Waals surface area contributed by atoms with Gasteiger partial charge in [0.2, 0.25) is 5.91 Å². The van der Waals surface area contributed by atoms with Crippen LogP contribution in [-0.4, -0.2) is 62.6 Å². The molecule has 1 aliphatic rings. The third-order valence-electron chi connectivity index (χ3n) is 4.73. The van der Waals surface area contributed by atoms with Crippen molar-refractivity contribution in [2.24, 2.45) is 7.05 Å². The summed E-state index contributed by atoms with van der Waals surface area (Å²) in [5.41, 5.74) is 0.888. The first-order valence-electron chi connectivity index (χ1n) is 8.50. The summed E-state index contributed by atoms with van der Waals surface area (Å²) in [6.45, 7) is 1.51. The Labute approximate surface area is 147 Å². The largest absolute Gasteiger partial charge is 0.344 e. The molecule has 1 aliphatic heterocycles. The van der Waals surface area contributed by atoms with Gasteiger partial charge in [-0.3, -0.25) is 14.7 Å². The van der Waals surface area contributed by atoms with Crippen molar-refractivity contribution in [3.63, 3.8) is 0 Å². The number of imidazole rings is 1. The second kappa shape index (κ2) is 7.74. The summed E-state index contributed by atoms with van der Waals surface area (Å²) in [5.74, 6) is 0.927. The zero-order chi connectivity index (χ0) is 17.8. The van der Waals surface area contributed by atoms with Crippen molar-refractivity contribution in [1.29, 1.82) is 0 Å². The van der Waals surface area contributed by atoms with Gasteiger partial charge >= 0.3 is 0 Å². The fourth-order valence-corrected chi connectivity index (χ4v) is 3.27. The first-order valence-corrected chi connectivity index (χ1v) is 8.50. The molecular formula is C18H24FN5O. The van der Waals surface area contributed by atoms with Crippen LogP contribution in [0.5, 0.6) is 0 Å². The van der Waals surface area contributed by atoms with E-state index in [1.54, 1.807) is 30.5 Å². The molecule has 3 rings (SSSR count). The maximum absolute atomic E-state index is 14.0. The summed E-state index contributed by atoms with van der Waals surface area (Å²) < 4.78 is 15.9. The van der Waals surface area contributed by atoms with Gasteiger partial charge in [-0.05, 0) is 18.1 Å². The van der Waals surface area contributed by atoms with Crippen LogP contribution in [0.15, 0.2) is 36.9 Å². The summed E-state index contributed by atoms with van der Waals surface area (Å²) in [5, 5.41) is 0. The van der Waals surface area contributed by atoms with Gasteiger partial charge in [0, 0.05) is 58.0 Å². The highest BCUT2D eigenvalue weighted by Crippen LogP contribution is 2.23. The Morgan fingerprint density at radius 3 is 2.96 bits per heavy atom. The molecule has 1 saturated heterocycles. The fourth-order valence-electron chi connectivity index (χ4n) is 3.27. The Bertz CT molecular complexity index is 705. The van der Waals surface area contributed by atoms with Crippen LogP contribution in [-0.2, 0) is 24.8 Å². The van der Waals surface area contributed by atoms with Crippen molar-refractivity contribution < 1.29 is 9.18 Å². The smallest absolute Gasteiger partial charge is 0.226 e. The molecule has 0 aromatic carbocycles. The molecule has 0 unspecified atom stereocenters. The van der Waals surface area contributed by atoms with Crippen molar-refractivity contribution in [3.8, 4) is 0 Å². The van der Waals surface area contributed by atoms with Crippen molar-refractivity contribution in [3.05, 3.63) is 48.3 Å². The molecule has 0 spiro atoms. The van der Waals surface area contributed by atoms with Crippen LogP contribution < -0.4 is 0 Å². The Hall–Kier alpha value is -2.28. The van der Waals surface area contributed by atoms with Crippen LogP contribution in [0.2, 0.25) is 0 Å². The van der Waals surface area contributed by atoms with Crippen LogP contribution in [0.3, 0.4) is 0 Å². The maximum Gasteiger partial charge on any atom is 0.226 e. The quantitative estimate of drug-likeness (QED) is 0.795. The fraction of sp³-hybridized carbons (Fsp3) is 0.500. The Morgan fingerprint density at radius 1 is 1.44 bits per heavy atom. The van der Waals surface area contributed by atoms with E-state index in [-0.39, 0.29) is 11.9 Å². The number of likely N-dealkylation sites (tertiary alicyclic amines) is 1. The molecule has 1 amide bonds. The molecule has 134 valence electrons. The van der Waals surface area contributed by atoms with Crippen molar-refractivity contribution in [1.82, 2.24) is 24.3 Å². The van der Waals surface area contributed by atoms with E-state index in [0.29, 0.717) is 32.5 Å². The van der Waals surface area contributed by atoms with Gasteiger partial charge in [0.15, 0.2) is 0 Å². The number of likely N-dealkylation sites (N-methyl/N-ethyl adjacent to an activating group) is 1. The molecule has 0 radical (unpaired) electrons. The standard InChI is InChI=1S/C18H24FN5O/c1-22-7-6-21-17(22)13-24-11-15(19)9-16(24)12-23(2)18(25)8-14-4-3-5-20-10-14/h3-7,10,15-16H,8-9,11-13H2,1-2H3/t15-,16-/m0/s1. The number of rotatable bonds is 6. The number of alkyl halides is 1. The minimum absolute atomic E-state index is 0.00884. The molecule has 0 bridgehead atoms. The number of hydrogen-bond acceptors (Lipinski definition) is 4. The van der Waals surface area contributed by atoms with E-state index in [1.165, 1.54) is 0 Å². The van der Waals surface area contributed by atoms with Gasteiger partial charge in [0.1, 0.15) is 12.0 Å². The zero-order valence-corrected chi connectivity index (χ0v) is 14.7. The van der Waals surface area contributed by atoms with E-state index >= 15 is 0 Å². The van der Waals surface area contributed by atoms with Gasteiger partial charge < -0.3 is 9.47 Å². The molecule has 0 saturated carbocycles. The third-order valence-corrected chi connectivity index (χ3v) is 4.73. The van der Waals surface area contributed by atoms with Gasteiger partial charge in [0.05, 0.1) is 13.0 Å². The summed E-state index contributed by atoms with van der Waals surface area (Å²) in [4.78, 5) is 24.6. The number of pyridine rings is 1. The van der Waals surface area contributed by atoms with E-state index in [0.717, 1.165) is 11.4 Å². The molecule has 7 heteroatoms. The minimum atomic E-state index is -0.855. The summed E-state index contributed by atoms with van der Waals surface area (Å²) in [6.07, 6.45) is 6.93. The number of aryl methyl sites for hydroxylation is 1. The lowest BCUT2D eigenvalue weighted by atomic mass is 10.1. The van der Waals surface area contributed by atoms with E-state index in [4.69, 9.17) is 0 Å². The summed E-state index contributed by atoms with van der Waals surface area (Å²) in [6, 6.07) is 3.72.